The standard InChI is InChI=1S/C26H25F3N4O7/c27-26(28,29)39-18-3-1-2-16(11-18)31-24(36)22-9-14-8-21(14)33(22)23(35)10-15-13-32(40-25(30)37)20-5-4-17(12-19(15)20)38-7-6-34/h1-5,11-14,21-22,34H,6-10H2,(H2,30,37)(H,31,36)/t14-,21-,22+/m1/s1. The molecule has 11 nitrogen and oxygen atoms in total. The van der Waals surface area contributed by atoms with Crippen molar-refractivity contribution in [2.24, 2.45) is 11.7 Å². The number of halogens is 3. The summed E-state index contributed by atoms with van der Waals surface area (Å²) in [7, 11) is 0. The molecule has 2 aliphatic rings. The number of aromatic nitrogens is 1. The maximum atomic E-state index is 13.6. The molecule has 3 amide bonds. The van der Waals surface area contributed by atoms with Crippen molar-refractivity contribution >= 4 is 34.5 Å². The zero-order valence-electron chi connectivity index (χ0n) is 20.9. The van der Waals surface area contributed by atoms with Gasteiger partial charge in [0.2, 0.25) is 11.8 Å². The number of anilines is 1. The van der Waals surface area contributed by atoms with Gasteiger partial charge in [-0.1, -0.05) is 6.07 Å². The first kappa shape index (κ1) is 27.1. The van der Waals surface area contributed by atoms with Crippen LogP contribution in [0.15, 0.2) is 48.7 Å². The van der Waals surface area contributed by atoms with Crippen molar-refractivity contribution in [2.75, 3.05) is 18.5 Å². The lowest BCUT2D eigenvalue weighted by Crippen LogP contribution is -2.46. The average Bonchev–Trinajstić information content (AvgIpc) is 3.41. The molecule has 0 unspecified atom stereocenters. The summed E-state index contributed by atoms with van der Waals surface area (Å²) in [6, 6.07) is 8.82. The molecule has 1 aliphatic carbocycles. The van der Waals surface area contributed by atoms with Crippen molar-refractivity contribution in [1.29, 1.82) is 0 Å². The van der Waals surface area contributed by atoms with E-state index in [2.05, 4.69) is 10.1 Å². The number of nitrogens with two attached hydrogens (primary N) is 1. The summed E-state index contributed by atoms with van der Waals surface area (Å²) in [5, 5.41) is 12.2. The minimum absolute atomic E-state index is 0.0527. The van der Waals surface area contributed by atoms with Gasteiger partial charge in [-0.15, -0.1) is 13.2 Å². The van der Waals surface area contributed by atoms with Gasteiger partial charge in [0.1, 0.15) is 24.1 Å². The van der Waals surface area contributed by atoms with Gasteiger partial charge in [-0.2, -0.15) is 4.73 Å². The van der Waals surface area contributed by atoms with Crippen molar-refractivity contribution in [1.82, 2.24) is 9.63 Å². The van der Waals surface area contributed by atoms with E-state index in [9.17, 15) is 27.6 Å². The number of piperidine rings is 1. The molecule has 2 heterocycles. The highest BCUT2D eigenvalue weighted by Gasteiger charge is 2.55. The van der Waals surface area contributed by atoms with Crippen molar-refractivity contribution in [3.05, 3.63) is 54.2 Å². The second-order valence-corrected chi connectivity index (χ2v) is 9.50. The Labute approximate surface area is 225 Å². The summed E-state index contributed by atoms with van der Waals surface area (Å²) >= 11 is 0. The molecule has 3 atom stereocenters. The van der Waals surface area contributed by atoms with Gasteiger partial charge < -0.3 is 35.4 Å². The molecular weight excluding hydrogens is 537 g/mol. The summed E-state index contributed by atoms with van der Waals surface area (Å²) in [6.45, 7) is -0.146. The molecule has 0 radical (unpaired) electrons. The number of carbonyl (C=O) groups is 3. The van der Waals surface area contributed by atoms with Crippen LogP contribution in [0.5, 0.6) is 11.5 Å². The van der Waals surface area contributed by atoms with E-state index in [1.807, 2.05) is 0 Å². The second-order valence-electron chi connectivity index (χ2n) is 9.50. The predicted molar refractivity (Wildman–Crippen MR) is 133 cm³/mol. The first-order valence-electron chi connectivity index (χ1n) is 12.4. The van der Waals surface area contributed by atoms with Gasteiger partial charge in [0.05, 0.1) is 18.5 Å². The molecule has 0 bridgehead atoms. The van der Waals surface area contributed by atoms with E-state index in [0.29, 0.717) is 28.6 Å². The highest BCUT2D eigenvalue weighted by atomic mass is 19.4. The number of aliphatic hydroxyl groups is 1. The highest BCUT2D eigenvalue weighted by molar-refractivity contribution is 5.99. The summed E-state index contributed by atoms with van der Waals surface area (Å²) in [5.41, 5.74) is 6.21. The van der Waals surface area contributed by atoms with Crippen molar-refractivity contribution in [2.45, 2.75) is 37.7 Å². The number of alkyl halides is 3. The van der Waals surface area contributed by atoms with Crippen LogP contribution in [0.3, 0.4) is 0 Å². The molecule has 1 saturated carbocycles. The third-order valence-corrected chi connectivity index (χ3v) is 6.74. The Hall–Kier alpha value is -4.46. The van der Waals surface area contributed by atoms with Crippen LogP contribution in [-0.4, -0.2) is 64.3 Å². The molecule has 1 aromatic heterocycles. The van der Waals surface area contributed by atoms with Crippen LogP contribution in [0.2, 0.25) is 0 Å². The smallest absolute Gasteiger partial charge is 0.491 e. The van der Waals surface area contributed by atoms with Crippen molar-refractivity contribution in [3.8, 4) is 11.5 Å². The fraction of sp³-hybridized carbons (Fsp3) is 0.346. The van der Waals surface area contributed by atoms with Gasteiger partial charge in [0, 0.05) is 29.4 Å². The molecule has 212 valence electrons. The number of nitrogens with one attached hydrogen (secondary N) is 1. The SMILES string of the molecule is NC(=O)On1cc(CC(=O)N2[C@@H]3C[C@@H]3C[C@H]2C(=O)Nc2cccc(OC(F)(F)F)c2)c2cc(OCCO)ccc21. The van der Waals surface area contributed by atoms with E-state index in [0.717, 1.165) is 23.3 Å². The molecule has 5 rings (SSSR count). The fourth-order valence-electron chi connectivity index (χ4n) is 5.11. The Morgan fingerprint density at radius 1 is 1.10 bits per heavy atom. The summed E-state index contributed by atoms with van der Waals surface area (Å²) in [5.74, 6) is -0.783. The molecular formula is C26H25F3N4O7. The minimum atomic E-state index is -4.88. The van der Waals surface area contributed by atoms with Gasteiger partial charge in [-0.25, -0.2) is 4.79 Å². The number of amides is 3. The molecule has 0 spiro atoms. The van der Waals surface area contributed by atoms with Gasteiger partial charge >= 0.3 is 12.5 Å². The molecule has 1 aliphatic heterocycles. The number of carbonyl (C=O) groups excluding carboxylic acids is 3. The Balaban J connectivity index is 1.35. The van der Waals surface area contributed by atoms with Gasteiger partial charge in [0.15, 0.2) is 0 Å². The van der Waals surface area contributed by atoms with Crippen LogP contribution in [0.25, 0.3) is 10.9 Å². The van der Waals surface area contributed by atoms with E-state index in [1.54, 1.807) is 18.2 Å². The monoisotopic (exact) mass is 562 g/mol. The number of rotatable bonds is 9. The lowest BCUT2D eigenvalue weighted by molar-refractivity contribution is -0.274. The Kier molecular flexibility index (Phi) is 7.19. The first-order valence-corrected chi connectivity index (χ1v) is 12.4. The number of hydrogen-bond donors (Lipinski definition) is 3. The second kappa shape index (κ2) is 10.6. The molecule has 1 saturated heterocycles. The third kappa shape index (κ3) is 5.91. The number of nitrogens with zero attached hydrogens (tertiary/aromatic N) is 2. The zero-order valence-corrected chi connectivity index (χ0v) is 20.9. The number of ether oxygens (including phenoxy) is 2. The third-order valence-electron chi connectivity index (χ3n) is 6.74. The molecule has 3 aromatic rings. The summed E-state index contributed by atoms with van der Waals surface area (Å²) in [6.07, 6.45) is -3.46. The van der Waals surface area contributed by atoms with E-state index < -0.39 is 30.2 Å². The molecule has 4 N–H and O–H groups in total. The van der Waals surface area contributed by atoms with Crippen LogP contribution in [0, 0.1) is 5.92 Å². The molecule has 40 heavy (non-hydrogen) atoms. The molecule has 2 aromatic carbocycles. The van der Waals surface area contributed by atoms with Gasteiger partial charge in [-0.05, 0) is 54.7 Å². The van der Waals surface area contributed by atoms with Crippen molar-refractivity contribution < 1.29 is 47.0 Å². The first-order chi connectivity index (χ1) is 19.0. The number of primary amides is 1. The summed E-state index contributed by atoms with van der Waals surface area (Å²) in [4.78, 5) is 44.7. The summed E-state index contributed by atoms with van der Waals surface area (Å²) < 4.78 is 48.3. The number of aliphatic hydroxyl groups excluding tert-OH is 1. The lowest BCUT2D eigenvalue weighted by atomic mass is 10.1. The normalized spacial score (nSPS) is 19.7. The number of hydrogen-bond acceptors (Lipinski definition) is 7. The van der Waals surface area contributed by atoms with E-state index >= 15 is 0 Å². The number of likely N-dealkylation sites (tertiary alicyclic amines) is 1. The Bertz CT molecular complexity index is 1460. The minimum Gasteiger partial charge on any atom is -0.491 e. The van der Waals surface area contributed by atoms with Crippen LogP contribution < -0.4 is 25.4 Å². The van der Waals surface area contributed by atoms with Crippen molar-refractivity contribution in [3.63, 3.8) is 0 Å². The van der Waals surface area contributed by atoms with Crippen LogP contribution >= 0.6 is 0 Å². The quantitative estimate of drug-likeness (QED) is 0.364. The van der Waals surface area contributed by atoms with Crippen LogP contribution in [-0.2, 0) is 16.0 Å². The van der Waals surface area contributed by atoms with Gasteiger partial charge in [0.25, 0.3) is 0 Å². The molecule has 14 heteroatoms. The molecule has 2 fully saturated rings. The zero-order chi connectivity index (χ0) is 28.6. The lowest BCUT2D eigenvalue weighted by Gasteiger charge is -2.27. The maximum Gasteiger partial charge on any atom is 0.573 e. The Morgan fingerprint density at radius 2 is 1.90 bits per heavy atom. The highest BCUT2D eigenvalue weighted by Crippen LogP contribution is 2.48. The van der Waals surface area contributed by atoms with Crippen LogP contribution in [0.1, 0.15) is 18.4 Å². The van der Waals surface area contributed by atoms with E-state index in [1.165, 1.54) is 23.2 Å². The predicted octanol–water partition coefficient (Wildman–Crippen LogP) is 2.59. The number of benzene rings is 2. The van der Waals surface area contributed by atoms with Crippen LogP contribution in [0.4, 0.5) is 23.7 Å². The van der Waals surface area contributed by atoms with Gasteiger partial charge in [-0.3, -0.25) is 9.59 Å². The Morgan fingerprint density at radius 3 is 2.62 bits per heavy atom. The number of fused-ring (bicyclic) bond motifs is 2. The fourth-order valence-corrected chi connectivity index (χ4v) is 5.11. The topological polar surface area (TPSA) is 145 Å². The maximum absolute atomic E-state index is 13.6. The van der Waals surface area contributed by atoms with E-state index in [-0.39, 0.29) is 43.2 Å². The largest absolute Gasteiger partial charge is 0.573 e. The average molecular weight is 563 g/mol. The van der Waals surface area contributed by atoms with E-state index in [4.69, 9.17) is 20.4 Å².